The third-order valence-corrected chi connectivity index (χ3v) is 1.91. The minimum Gasteiger partial charge on any atom is -0.480 e. The van der Waals surface area contributed by atoms with Crippen LogP contribution in [0.1, 0.15) is 16.2 Å². The Balaban J connectivity index is 2.05. The van der Waals surface area contributed by atoms with E-state index in [0.717, 1.165) is 4.68 Å². The van der Waals surface area contributed by atoms with Crippen LogP contribution >= 0.6 is 0 Å². The zero-order valence-electron chi connectivity index (χ0n) is 9.32. The normalized spacial score (nSPS) is 10.3. The molecule has 94 valence electrons. The van der Waals surface area contributed by atoms with Crippen molar-refractivity contribution in [3.05, 3.63) is 23.8 Å². The lowest BCUT2D eigenvalue weighted by atomic mass is 10.4. The molecule has 0 bridgehead atoms. The molecule has 2 aromatic heterocycles. The second kappa shape index (κ2) is 4.65. The number of hydrogen-bond donors (Lipinski definition) is 2. The Hall–Kier alpha value is -2.71. The summed E-state index contributed by atoms with van der Waals surface area (Å²) in [6.07, 6.45) is 2.61. The van der Waals surface area contributed by atoms with E-state index in [2.05, 4.69) is 20.6 Å². The van der Waals surface area contributed by atoms with Gasteiger partial charge >= 0.3 is 12.0 Å². The number of aryl methyl sites for hydroxylation is 1. The van der Waals surface area contributed by atoms with E-state index in [-0.39, 0.29) is 18.3 Å². The number of carbonyl (C=O) groups excluding carboxylic acids is 1. The van der Waals surface area contributed by atoms with Crippen molar-refractivity contribution in [2.75, 3.05) is 5.32 Å². The van der Waals surface area contributed by atoms with Gasteiger partial charge in [-0.1, -0.05) is 5.21 Å². The lowest BCUT2D eigenvalue weighted by Gasteiger charge is -1.95. The number of anilines is 1. The van der Waals surface area contributed by atoms with Crippen molar-refractivity contribution in [1.82, 2.24) is 20.0 Å². The average Bonchev–Trinajstić information content (AvgIpc) is 2.87. The summed E-state index contributed by atoms with van der Waals surface area (Å²) < 4.78 is 5.98. The highest BCUT2D eigenvalue weighted by Gasteiger charge is 2.14. The molecule has 0 radical (unpaired) electrons. The monoisotopic (exact) mass is 251 g/mol. The molecule has 0 aromatic carbocycles. The average molecular weight is 251 g/mol. The molecule has 9 heteroatoms. The number of nitrogens with one attached hydrogen (secondary N) is 1. The van der Waals surface area contributed by atoms with E-state index in [1.807, 2.05) is 0 Å². The van der Waals surface area contributed by atoms with Gasteiger partial charge in [0.1, 0.15) is 12.8 Å². The molecular weight excluding hydrogens is 242 g/mol. The first-order chi connectivity index (χ1) is 8.54. The molecule has 0 fully saturated rings. The summed E-state index contributed by atoms with van der Waals surface area (Å²) in [6, 6.07) is 0.0466. The van der Waals surface area contributed by atoms with Crippen LogP contribution in [-0.4, -0.2) is 37.0 Å². The first-order valence-corrected chi connectivity index (χ1v) is 4.90. The van der Waals surface area contributed by atoms with Crippen LogP contribution in [0.5, 0.6) is 0 Å². The SMILES string of the molecule is Cc1coc(NC(=O)c2cn(CC(=O)O)nn2)n1. The third kappa shape index (κ3) is 2.70. The molecule has 2 aromatic rings. The summed E-state index contributed by atoms with van der Waals surface area (Å²) >= 11 is 0. The molecule has 0 aliphatic rings. The maximum Gasteiger partial charge on any atom is 0.325 e. The Bertz CT molecular complexity index is 587. The molecule has 0 saturated carbocycles. The Morgan fingerprint density at radius 3 is 2.94 bits per heavy atom. The van der Waals surface area contributed by atoms with E-state index in [1.54, 1.807) is 6.92 Å². The number of carboxylic acid groups (broad SMARTS) is 1. The molecule has 0 unspecified atom stereocenters. The Morgan fingerprint density at radius 2 is 2.33 bits per heavy atom. The molecule has 0 spiro atoms. The topological polar surface area (TPSA) is 123 Å². The minimum absolute atomic E-state index is 0.0212. The number of hydrogen-bond acceptors (Lipinski definition) is 6. The predicted molar refractivity (Wildman–Crippen MR) is 56.9 cm³/mol. The van der Waals surface area contributed by atoms with Gasteiger partial charge in [-0.25, -0.2) is 4.68 Å². The van der Waals surface area contributed by atoms with Crippen LogP contribution in [-0.2, 0) is 11.3 Å². The first kappa shape index (κ1) is 11.8. The fourth-order valence-corrected chi connectivity index (χ4v) is 1.19. The summed E-state index contributed by atoms with van der Waals surface area (Å²) in [7, 11) is 0. The second-order valence-corrected chi connectivity index (χ2v) is 3.44. The summed E-state index contributed by atoms with van der Waals surface area (Å²) in [5.41, 5.74) is 0.604. The van der Waals surface area contributed by atoms with Crippen molar-refractivity contribution in [2.45, 2.75) is 13.5 Å². The standard InChI is InChI=1S/C9H9N5O4/c1-5-4-18-9(10-5)11-8(17)6-2-14(13-12-6)3-7(15)16/h2,4H,3H2,1H3,(H,15,16)(H,10,11,17). The molecule has 0 atom stereocenters. The molecule has 2 rings (SSSR count). The van der Waals surface area contributed by atoms with Gasteiger partial charge in [0.15, 0.2) is 5.69 Å². The molecule has 2 N–H and O–H groups in total. The molecule has 0 aliphatic heterocycles. The van der Waals surface area contributed by atoms with Crippen molar-refractivity contribution >= 4 is 17.9 Å². The lowest BCUT2D eigenvalue weighted by molar-refractivity contribution is -0.137. The third-order valence-electron chi connectivity index (χ3n) is 1.91. The Labute approximate surface area is 100 Å². The molecular formula is C9H9N5O4. The van der Waals surface area contributed by atoms with Crippen LogP contribution in [0, 0.1) is 6.92 Å². The van der Waals surface area contributed by atoms with Crippen LogP contribution in [0.25, 0.3) is 0 Å². The van der Waals surface area contributed by atoms with Crippen molar-refractivity contribution in [3.8, 4) is 0 Å². The fourth-order valence-electron chi connectivity index (χ4n) is 1.19. The van der Waals surface area contributed by atoms with E-state index in [1.165, 1.54) is 12.5 Å². The number of aliphatic carboxylic acids is 1. The highest BCUT2D eigenvalue weighted by molar-refractivity contribution is 6.01. The number of oxazole rings is 1. The minimum atomic E-state index is -1.07. The smallest absolute Gasteiger partial charge is 0.325 e. The van der Waals surface area contributed by atoms with E-state index in [4.69, 9.17) is 9.52 Å². The van der Waals surface area contributed by atoms with Gasteiger partial charge < -0.3 is 9.52 Å². The molecule has 9 nitrogen and oxygen atoms in total. The molecule has 0 saturated heterocycles. The van der Waals surface area contributed by atoms with Crippen LogP contribution < -0.4 is 5.32 Å². The number of carbonyl (C=O) groups is 2. The number of rotatable bonds is 4. The van der Waals surface area contributed by atoms with Gasteiger partial charge in [0.2, 0.25) is 0 Å². The van der Waals surface area contributed by atoms with Crippen molar-refractivity contribution in [2.24, 2.45) is 0 Å². The van der Waals surface area contributed by atoms with Crippen LogP contribution in [0.2, 0.25) is 0 Å². The van der Waals surface area contributed by atoms with Crippen LogP contribution in [0.4, 0.5) is 6.01 Å². The lowest BCUT2D eigenvalue weighted by Crippen LogP contribution is -2.13. The molecule has 2 heterocycles. The van der Waals surface area contributed by atoms with E-state index < -0.39 is 11.9 Å². The molecule has 0 aliphatic carbocycles. The highest BCUT2D eigenvalue weighted by Crippen LogP contribution is 2.07. The van der Waals surface area contributed by atoms with Gasteiger partial charge in [-0.15, -0.1) is 5.10 Å². The molecule has 18 heavy (non-hydrogen) atoms. The van der Waals surface area contributed by atoms with E-state index in [0.29, 0.717) is 5.69 Å². The highest BCUT2D eigenvalue weighted by atomic mass is 16.4. The number of amides is 1. The van der Waals surface area contributed by atoms with Crippen molar-refractivity contribution in [1.29, 1.82) is 0 Å². The fraction of sp³-hybridized carbons (Fsp3) is 0.222. The first-order valence-electron chi connectivity index (χ1n) is 4.90. The number of nitrogens with zero attached hydrogens (tertiary/aromatic N) is 4. The summed E-state index contributed by atoms with van der Waals surface area (Å²) in [4.78, 5) is 26.0. The second-order valence-electron chi connectivity index (χ2n) is 3.44. The largest absolute Gasteiger partial charge is 0.480 e. The summed E-state index contributed by atoms with van der Waals surface area (Å²) in [5, 5.41) is 17.9. The zero-order chi connectivity index (χ0) is 13.1. The Morgan fingerprint density at radius 1 is 1.56 bits per heavy atom. The van der Waals surface area contributed by atoms with Gasteiger partial charge in [0.25, 0.3) is 5.91 Å². The van der Waals surface area contributed by atoms with Gasteiger partial charge in [0, 0.05) is 0 Å². The number of aromatic nitrogens is 4. The van der Waals surface area contributed by atoms with E-state index >= 15 is 0 Å². The van der Waals surface area contributed by atoms with Crippen LogP contribution in [0.15, 0.2) is 16.9 Å². The van der Waals surface area contributed by atoms with Gasteiger partial charge in [-0.3, -0.25) is 14.9 Å². The van der Waals surface area contributed by atoms with Crippen LogP contribution in [0.3, 0.4) is 0 Å². The van der Waals surface area contributed by atoms with Crippen molar-refractivity contribution < 1.29 is 19.1 Å². The summed E-state index contributed by atoms with van der Waals surface area (Å²) in [5.74, 6) is -1.65. The zero-order valence-corrected chi connectivity index (χ0v) is 9.32. The maximum absolute atomic E-state index is 11.6. The summed E-state index contributed by atoms with van der Waals surface area (Å²) in [6.45, 7) is 1.35. The van der Waals surface area contributed by atoms with Gasteiger partial charge in [0.05, 0.1) is 11.9 Å². The number of carboxylic acids is 1. The van der Waals surface area contributed by atoms with E-state index in [9.17, 15) is 9.59 Å². The Kier molecular flexibility index (Phi) is 3.04. The quantitative estimate of drug-likeness (QED) is 0.778. The van der Waals surface area contributed by atoms with Gasteiger partial charge in [-0.2, -0.15) is 4.98 Å². The van der Waals surface area contributed by atoms with Crippen molar-refractivity contribution in [3.63, 3.8) is 0 Å². The molecule has 1 amide bonds. The maximum atomic E-state index is 11.6. The van der Waals surface area contributed by atoms with Gasteiger partial charge in [-0.05, 0) is 6.92 Å². The predicted octanol–water partition coefficient (Wildman–Crippen LogP) is -0.0886.